The summed E-state index contributed by atoms with van der Waals surface area (Å²) in [6.45, 7) is 0.312. The van der Waals surface area contributed by atoms with Gasteiger partial charge in [0.25, 0.3) is 0 Å². The maximum atomic E-state index is 10.4. The van der Waals surface area contributed by atoms with Crippen molar-refractivity contribution in [2.75, 3.05) is 6.61 Å². The monoisotopic (exact) mass is 315 g/mol. The highest BCUT2D eigenvalue weighted by atomic mass is 16.4. The molecule has 4 heteroatoms. The maximum absolute atomic E-state index is 10.4. The third-order valence-electron chi connectivity index (χ3n) is 3.33. The molecule has 0 saturated carbocycles. The number of hydrogen-bond acceptors (Lipinski definition) is 3. The summed E-state index contributed by atoms with van der Waals surface area (Å²) in [5, 5.41) is 17.1. The highest BCUT2D eigenvalue weighted by Crippen LogP contribution is 2.03. The van der Waals surface area contributed by atoms with Gasteiger partial charge in [-0.25, -0.2) is 0 Å². The number of carbonyl (C=O) groups is 1. The molecule has 0 bridgehead atoms. The molecule has 2 rings (SSSR count). The number of benzene rings is 2. The van der Waals surface area contributed by atoms with E-state index in [0.717, 1.165) is 24.8 Å². The largest absolute Gasteiger partial charge is 0.480 e. The van der Waals surface area contributed by atoms with Crippen molar-refractivity contribution < 1.29 is 15.0 Å². The molecule has 0 fully saturated rings. The molecule has 23 heavy (non-hydrogen) atoms. The number of carboxylic acids is 1. The molecule has 0 spiro atoms. The van der Waals surface area contributed by atoms with Crippen LogP contribution in [0.4, 0.5) is 0 Å². The SMILES string of the molecule is N[C@@H](Cc1ccccc1)C(=O)O.OCCCCc1ccccc1. The average Bonchev–Trinajstić information content (AvgIpc) is 2.57. The Kier molecular flexibility index (Phi) is 9.36. The zero-order chi connectivity index (χ0) is 16.9. The minimum Gasteiger partial charge on any atom is -0.480 e. The summed E-state index contributed by atoms with van der Waals surface area (Å²) in [4.78, 5) is 10.4. The van der Waals surface area contributed by atoms with E-state index in [2.05, 4.69) is 12.1 Å². The number of rotatable bonds is 7. The molecule has 0 heterocycles. The summed E-state index contributed by atoms with van der Waals surface area (Å²) in [7, 11) is 0. The van der Waals surface area contributed by atoms with Crippen LogP contribution in [0.15, 0.2) is 60.7 Å². The van der Waals surface area contributed by atoms with Crippen molar-refractivity contribution in [1.82, 2.24) is 0 Å². The molecule has 0 saturated heterocycles. The predicted octanol–water partition coefficient (Wildman–Crippen LogP) is 2.64. The van der Waals surface area contributed by atoms with Crippen molar-refractivity contribution in [3.05, 3.63) is 71.8 Å². The number of aliphatic carboxylic acids is 1. The van der Waals surface area contributed by atoms with Gasteiger partial charge in [-0.05, 0) is 36.8 Å². The molecule has 0 unspecified atom stereocenters. The fourth-order valence-corrected chi connectivity index (χ4v) is 2.04. The lowest BCUT2D eigenvalue weighted by Gasteiger charge is -2.04. The molecule has 0 aliphatic heterocycles. The Labute approximate surface area is 137 Å². The third kappa shape index (κ3) is 8.76. The molecule has 0 aromatic heterocycles. The quantitative estimate of drug-likeness (QED) is 0.686. The molecular weight excluding hydrogens is 290 g/mol. The Morgan fingerprint density at radius 2 is 1.43 bits per heavy atom. The number of unbranched alkanes of at least 4 members (excludes halogenated alkanes) is 1. The molecule has 0 aliphatic rings. The molecule has 0 amide bonds. The van der Waals surface area contributed by atoms with Crippen LogP contribution >= 0.6 is 0 Å². The van der Waals surface area contributed by atoms with E-state index in [-0.39, 0.29) is 0 Å². The number of nitrogens with two attached hydrogens (primary N) is 1. The van der Waals surface area contributed by atoms with Crippen LogP contribution in [0, 0.1) is 0 Å². The Morgan fingerprint density at radius 3 is 1.91 bits per heavy atom. The summed E-state index contributed by atoms with van der Waals surface area (Å²) in [6, 6.07) is 18.9. The first-order valence-electron chi connectivity index (χ1n) is 7.80. The Bertz CT molecular complexity index is 543. The van der Waals surface area contributed by atoms with Gasteiger partial charge in [0.1, 0.15) is 6.04 Å². The van der Waals surface area contributed by atoms with Crippen LogP contribution in [0.3, 0.4) is 0 Å². The van der Waals surface area contributed by atoms with Crippen molar-refractivity contribution in [1.29, 1.82) is 0 Å². The van der Waals surface area contributed by atoms with Gasteiger partial charge in [-0.3, -0.25) is 4.79 Å². The number of carboxylic acid groups (broad SMARTS) is 1. The smallest absolute Gasteiger partial charge is 0.320 e. The third-order valence-corrected chi connectivity index (χ3v) is 3.33. The summed E-state index contributed by atoms with van der Waals surface area (Å²) >= 11 is 0. The first kappa shape index (κ1) is 18.9. The van der Waals surface area contributed by atoms with Crippen LogP contribution in [0.2, 0.25) is 0 Å². The summed E-state index contributed by atoms with van der Waals surface area (Å²) in [6.07, 6.45) is 3.47. The highest BCUT2D eigenvalue weighted by molar-refractivity contribution is 5.73. The number of aliphatic hydroxyl groups is 1. The van der Waals surface area contributed by atoms with Crippen molar-refractivity contribution >= 4 is 5.97 Å². The van der Waals surface area contributed by atoms with Gasteiger partial charge in [-0.1, -0.05) is 60.7 Å². The number of hydrogen-bond donors (Lipinski definition) is 3. The van der Waals surface area contributed by atoms with Gasteiger partial charge >= 0.3 is 5.97 Å². The highest BCUT2D eigenvalue weighted by Gasteiger charge is 2.10. The summed E-state index contributed by atoms with van der Waals surface area (Å²) in [5.74, 6) is -0.959. The van der Waals surface area contributed by atoms with E-state index in [1.807, 2.05) is 48.5 Å². The minimum atomic E-state index is -0.959. The average molecular weight is 315 g/mol. The van der Waals surface area contributed by atoms with Gasteiger partial charge in [0, 0.05) is 6.61 Å². The predicted molar refractivity (Wildman–Crippen MR) is 92.2 cm³/mol. The number of aliphatic hydroxyl groups excluding tert-OH is 1. The fraction of sp³-hybridized carbons (Fsp3) is 0.316. The Hall–Kier alpha value is -2.17. The van der Waals surface area contributed by atoms with E-state index in [1.54, 1.807) is 0 Å². The Morgan fingerprint density at radius 1 is 0.913 bits per heavy atom. The lowest BCUT2D eigenvalue weighted by molar-refractivity contribution is -0.138. The summed E-state index contributed by atoms with van der Waals surface area (Å²) in [5.41, 5.74) is 7.66. The van der Waals surface area contributed by atoms with Crippen molar-refractivity contribution in [3.63, 3.8) is 0 Å². The number of aryl methyl sites for hydroxylation is 1. The molecular formula is C19H25NO3. The first-order chi connectivity index (χ1) is 11.1. The minimum absolute atomic E-state index is 0.312. The second-order valence-electron chi connectivity index (χ2n) is 5.30. The molecule has 0 radical (unpaired) electrons. The van der Waals surface area contributed by atoms with Gasteiger partial charge < -0.3 is 15.9 Å². The molecule has 2 aromatic rings. The van der Waals surface area contributed by atoms with Crippen LogP contribution < -0.4 is 5.73 Å². The molecule has 1 atom stereocenters. The van der Waals surface area contributed by atoms with Crippen molar-refractivity contribution in [2.45, 2.75) is 31.7 Å². The van der Waals surface area contributed by atoms with Crippen LogP contribution in [0.25, 0.3) is 0 Å². The maximum Gasteiger partial charge on any atom is 0.320 e. The van der Waals surface area contributed by atoms with E-state index in [4.69, 9.17) is 15.9 Å². The molecule has 4 N–H and O–H groups in total. The molecule has 0 aliphatic carbocycles. The zero-order valence-corrected chi connectivity index (χ0v) is 13.3. The van der Waals surface area contributed by atoms with E-state index < -0.39 is 12.0 Å². The van der Waals surface area contributed by atoms with Gasteiger partial charge in [0.15, 0.2) is 0 Å². The first-order valence-corrected chi connectivity index (χ1v) is 7.80. The molecule has 124 valence electrons. The van der Waals surface area contributed by atoms with E-state index in [0.29, 0.717) is 13.0 Å². The van der Waals surface area contributed by atoms with E-state index in [9.17, 15) is 4.79 Å². The molecule has 4 nitrogen and oxygen atoms in total. The lowest BCUT2D eigenvalue weighted by Crippen LogP contribution is -2.32. The molecule has 2 aromatic carbocycles. The van der Waals surface area contributed by atoms with Gasteiger partial charge in [0.2, 0.25) is 0 Å². The van der Waals surface area contributed by atoms with Gasteiger partial charge in [-0.15, -0.1) is 0 Å². The van der Waals surface area contributed by atoms with Crippen molar-refractivity contribution in [2.24, 2.45) is 5.73 Å². The van der Waals surface area contributed by atoms with Crippen LogP contribution in [-0.2, 0) is 17.6 Å². The van der Waals surface area contributed by atoms with Crippen LogP contribution in [0.5, 0.6) is 0 Å². The summed E-state index contributed by atoms with van der Waals surface area (Å²) < 4.78 is 0. The van der Waals surface area contributed by atoms with Gasteiger partial charge in [-0.2, -0.15) is 0 Å². The zero-order valence-electron chi connectivity index (χ0n) is 13.3. The Balaban J connectivity index is 0.000000231. The lowest BCUT2D eigenvalue weighted by atomic mass is 10.1. The van der Waals surface area contributed by atoms with Crippen LogP contribution in [0.1, 0.15) is 24.0 Å². The standard InChI is InChI=1S/C10H14O.C9H11NO2/c11-9-5-4-8-10-6-2-1-3-7-10;10-8(9(11)12)6-7-4-2-1-3-5-7/h1-3,6-7,11H,4-5,8-9H2;1-5,8H,6,10H2,(H,11,12)/t;8-/m.0/s1. The van der Waals surface area contributed by atoms with E-state index >= 15 is 0 Å². The van der Waals surface area contributed by atoms with E-state index in [1.165, 1.54) is 5.56 Å². The normalized spacial score (nSPS) is 11.2. The second-order valence-corrected chi connectivity index (χ2v) is 5.30. The fourth-order valence-electron chi connectivity index (χ4n) is 2.04. The van der Waals surface area contributed by atoms with Crippen molar-refractivity contribution in [3.8, 4) is 0 Å². The second kappa shape index (κ2) is 11.4. The van der Waals surface area contributed by atoms with Crippen LogP contribution in [-0.4, -0.2) is 28.8 Å². The van der Waals surface area contributed by atoms with Gasteiger partial charge in [0.05, 0.1) is 0 Å². The topological polar surface area (TPSA) is 83.6 Å².